The smallest absolute Gasteiger partial charge is 0.253 e. The Morgan fingerprint density at radius 3 is 2.58 bits per heavy atom. The normalized spacial score (nSPS) is 23.1. The second kappa shape index (κ2) is 10.7. The zero-order chi connectivity index (χ0) is 28.0. The summed E-state index contributed by atoms with van der Waals surface area (Å²) in [5.41, 5.74) is 3.04. The van der Waals surface area contributed by atoms with Crippen LogP contribution in [-0.2, 0) is 11.3 Å². The third-order valence-electron chi connectivity index (χ3n) is 7.26. The van der Waals surface area contributed by atoms with Crippen molar-refractivity contribution in [2.24, 2.45) is 0 Å². The van der Waals surface area contributed by atoms with Crippen molar-refractivity contribution in [1.82, 2.24) is 20.1 Å². The third kappa shape index (κ3) is 4.87. The molecule has 1 fully saturated rings. The highest BCUT2D eigenvalue weighted by atomic mass is 32.1. The first-order valence-electron chi connectivity index (χ1n) is 12.8. The average Bonchev–Trinajstić information content (AvgIpc) is 3.56. The third-order valence-corrected chi connectivity index (χ3v) is 8.15. The highest BCUT2D eigenvalue weighted by molar-refractivity contribution is 7.14. The molecular weight excluding hydrogens is 532 g/mol. The summed E-state index contributed by atoms with van der Waals surface area (Å²) in [4.78, 5) is 13.5. The van der Waals surface area contributed by atoms with E-state index in [1.165, 1.54) is 11.3 Å². The van der Waals surface area contributed by atoms with Gasteiger partial charge in [0.2, 0.25) is 0 Å². The molecule has 3 aromatic carbocycles. The number of aliphatic hydroxyl groups is 4. The summed E-state index contributed by atoms with van der Waals surface area (Å²) >= 11 is 1.48. The van der Waals surface area contributed by atoms with Gasteiger partial charge in [-0.3, -0.25) is 4.79 Å². The Morgan fingerprint density at radius 2 is 1.82 bits per heavy atom. The summed E-state index contributed by atoms with van der Waals surface area (Å²) in [6.07, 6.45) is -4.06. The van der Waals surface area contributed by atoms with E-state index in [4.69, 9.17) is 4.74 Å². The lowest BCUT2D eigenvalue weighted by molar-refractivity contribution is -0.252. The Morgan fingerprint density at radius 1 is 1.02 bits per heavy atom. The number of carbonyl (C=O) groups is 1. The first kappa shape index (κ1) is 26.5. The first-order valence-corrected chi connectivity index (χ1v) is 13.7. The van der Waals surface area contributed by atoms with Crippen LogP contribution in [0.2, 0.25) is 0 Å². The fraction of sp³-hybridized carbons (Fsp3) is 0.276. The van der Waals surface area contributed by atoms with E-state index in [-0.39, 0.29) is 0 Å². The molecule has 5 N–H and O–H groups in total. The summed E-state index contributed by atoms with van der Waals surface area (Å²) in [5, 5.41) is 56.0. The van der Waals surface area contributed by atoms with Crippen LogP contribution in [0, 0.1) is 6.92 Å². The second-order valence-corrected chi connectivity index (χ2v) is 11.1. The number of aromatic nitrogens is 3. The minimum Gasteiger partial charge on any atom is -0.394 e. The van der Waals surface area contributed by atoms with Crippen LogP contribution in [0.15, 0.2) is 66.9 Å². The minimum absolute atomic E-state index is 0.328. The summed E-state index contributed by atoms with van der Waals surface area (Å²) < 4.78 is 7.18. The first-order chi connectivity index (χ1) is 19.3. The van der Waals surface area contributed by atoms with Crippen LogP contribution in [0.4, 0.5) is 0 Å². The molecule has 5 aromatic rings. The van der Waals surface area contributed by atoms with Crippen LogP contribution >= 0.6 is 11.3 Å². The molecule has 2 unspecified atom stereocenters. The molecule has 2 aromatic heterocycles. The number of fused-ring (bicyclic) bond motifs is 2. The lowest BCUT2D eigenvalue weighted by Crippen LogP contribution is -2.64. The number of amides is 1. The van der Waals surface area contributed by atoms with E-state index >= 15 is 0 Å². The number of aryl methyl sites for hydroxylation is 1. The van der Waals surface area contributed by atoms with E-state index in [1.54, 1.807) is 6.20 Å². The molecule has 5 atom stereocenters. The predicted octanol–water partition coefficient (Wildman–Crippen LogP) is 2.20. The van der Waals surface area contributed by atoms with Crippen LogP contribution in [0.3, 0.4) is 0 Å². The lowest BCUT2D eigenvalue weighted by atomic mass is 9.96. The summed E-state index contributed by atoms with van der Waals surface area (Å²) in [6, 6.07) is 18.7. The summed E-state index contributed by atoms with van der Waals surface area (Å²) in [7, 11) is 0. The molecule has 0 radical (unpaired) electrons. The van der Waals surface area contributed by atoms with Gasteiger partial charge in [0.1, 0.15) is 34.4 Å². The average molecular weight is 561 g/mol. The van der Waals surface area contributed by atoms with Crippen molar-refractivity contribution in [3.05, 3.63) is 83.0 Å². The quantitative estimate of drug-likeness (QED) is 0.212. The number of nitrogens with zero attached hydrogens (tertiary/aromatic N) is 3. The monoisotopic (exact) mass is 560 g/mol. The lowest BCUT2D eigenvalue weighted by Gasteiger charge is -2.40. The molecular formula is C29H28N4O6S. The van der Waals surface area contributed by atoms with Gasteiger partial charge in [-0.25, -0.2) is 0 Å². The van der Waals surface area contributed by atoms with Gasteiger partial charge in [-0.1, -0.05) is 59.9 Å². The zero-order valence-corrected chi connectivity index (χ0v) is 22.3. The number of ether oxygens (including phenoxy) is 1. The Kier molecular flexibility index (Phi) is 7.09. The van der Waals surface area contributed by atoms with Crippen molar-refractivity contribution < 1.29 is 30.0 Å². The molecule has 40 heavy (non-hydrogen) atoms. The Balaban J connectivity index is 1.38. The van der Waals surface area contributed by atoms with Gasteiger partial charge in [0.15, 0.2) is 6.29 Å². The van der Waals surface area contributed by atoms with Crippen molar-refractivity contribution in [3.8, 4) is 10.6 Å². The largest absolute Gasteiger partial charge is 0.394 e. The number of carbonyl (C=O) groups excluding carboxylic acids is 1. The second-order valence-electron chi connectivity index (χ2n) is 9.94. The molecule has 1 aliphatic heterocycles. The molecule has 6 rings (SSSR count). The molecule has 11 heteroatoms. The van der Waals surface area contributed by atoms with Gasteiger partial charge in [0.25, 0.3) is 5.91 Å². The molecule has 0 bridgehead atoms. The topological polar surface area (TPSA) is 150 Å². The fourth-order valence-corrected chi connectivity index (χ4v) is 5.85. The molecule has 3 heterocycles. The maximum atomic E-state index is 13.5. The van der Waals surface area contributed by atoms with Gasteiger partial charge in [-0.2, -0.15) is 0 Å². The van der Waals surface area contributed by atoms with Crippen molar-refractivity contribution in [2.45, 2.75) is 44.1 Å². The number of aliphatic hydroxyl groups excluding tert-OH is 4. The zero-order valence-electron chi connectivity index (χ0n) is 21.5. The van der Waals surface area contributed by atoms with Gasteiger partial charge < -0.3 is 35.0 Å². The van der Waals surface area contributed by atoms with Gasteiger partial charge in [0.05, 0.1) is 12.2 Å². The van der Waals surface area contributed by atoms with Gasteiger partial charge in [0, 0.05) is 29.2 Å². The van der Waals surface area contributed by atoms with Crippen molar-refractivity contribution >= 4 is 38.9 Å². The molecule has 1 saturated heterocycles. The van der Waals surface area contributed by atoms with E-state index in [9.17, 15) is 25.2 Å². The fourth-order valence-electron chi connectivity index (χ4n) is 5.17. The van der Waals surface area contributed by atoms with E-state index in [0.29, 0.717) is 17.5 Å². The highest BCUT2D eigenvalue weighted by Gasteiger charge is 2.44. The Hall–Kier alpha value is -3.71. The molecule has 206 valence electrons. The van der Waals surface area contributed by atoms with Crippen molar-refractivity contribution in [2.75, 3.05) is 6.61 Å². The molecule has 10 nitrogen and oxygen atoms in total. The summed E-state index contributed by atoms with van der Waals surface area (Å²) in [6.45, 7) is 1.79. The Labute approximate surface area is 233 Å². The summed E-state index contributed by atoms with van der Waals surface area (Å²) in [5.74, 6) is -0.553. The predicted molar refractivity (Wildman–Crippen MR) is 150 cm³/mol. The van der Waals surface area contributed by atoms with Crippen LogP contribution in [0.1, 0.15) is 20.9 Å². The van der Waals surface area contributed by atoms with Crippen LogP contribution in [-0.4, -0.2) is 78.3 Å². The van der Waals surface area contributed by atoms with E-state index in [1.807, 2.05) is 41.8 Å². The number of rotatable bonds is 6. The van der Waals surface area contributed by atoms with E-state index in [2.05, 4.69) is 45.8 Å². The van der Waals surface area contributed by atoms with Gasteiger partial charge in [-0.05, 0) is 35.4 Å². The van der Waals surface area contributed by atoms with Crippen molar-refractivity contribution in [3.63, 3.8) is 0 Å². The number of hydrogen-bond acceptors (Lipinski definition) is 9. The number of hydrogen-bond donors (Lipinski definition) is 5. The van der Waals surface area contributed by atoms with Crippen LogP contribution in [0.5, 0.6) is 0 Å². The molecule has 0 aliphatic carbocycles. The van der Waals surface area contributed by atoms with Crippen molar-refractivity contribution in [1.29, 1.82) is 0 Å². The van der Waals surface area contributed by atoms with Crippen LogP contribution in [0.25, 0.3) is 32.2 Å². The van der Waals surface area contributed by atoms with Gasteiger partial charge >= 0.3 is 0 Å². The minimum atomic E-state index is -1.61. The number of nitrogens with one attached hydrogen (secondary N) is 1. The SMILES string of the molecule is Cc1nnc(-c2ccc3c(C(=O)N[C@H]4C(O)O[C@H](CO)[C@@H](O)C4O)cn(Cc4ccc5ccccc5c4)c3c2)s1. The maximum absolute atomic E-state index is 13.5. The molecule has 1 amide bonds. The molecule has 0 saturated carbocycles. The Bertz CT molecular complexity index is 1700. The highest BCUT2D eigenvalue weighted by Crippen LogP contribution is 2.31. The molecule has 0 spiro atoms. The molecule has 1 aliphatic rings. The van der Waals surface area contributed by atoms with E-state index in [0.717, 1.165) is 37.4 Å². The van der Waals surface area contributed by atoms with Crippen LogP contribution < -0.4 is 5.32 Å². The van der Waals surface area contributed by atoms with E-state index < -0.39 is 43.2 Å². The van der Waals surface area contributed by atoms with Gasteiger partial charge in [-0.15, -0.1) is 10.2 Å². The maximum Gasteiger partial charge on any atom is 0.253 e. The number of benzene rings is 3. The standard InChI is InChI=1S/C29H28N4O6S/c1-15-31-32-28(40-15)19-8-9-20-21(27(37)30-24-26(36)25(35)23(14-34)39-29(24)38)13-33(22(20)11-19)12-16-6-7-17-4-2-3-5-18(17)10-16/h2-11,13,23-26,29,34-36,38H,12,14H2,1H3,(H,30,37)/t23-,24-,25-,26?,29?/m1/s1.